The van der Waals surface area contributed by atoms with Crippen molar-refractivity contribution in [1.82, 2.24) is 21.1 Å². The van der Waals surface area contributed by atoms with E-state index in [9.17, 15) is 14.4 Å². The van der Waals surface area contributed by atoms with Crippen LogP contribution in [0.5, 0.6) is 0 Å². The fraction of sp³-hybridized carbons (Fsp3) is 0.421. The van der Waals surface area contributed by atoms with Gasteiger partial charge in [-0.05, 0) is 51.3 Å². The minimum atomic E-state index is -1.00. The predicted molar refractivity (Wildman–Crippen MR) is 99.9 cm³/mol. The molecule has 1 fully saturated rings. The fourth-order valence-electron chi connectivity index (χ4n) is 2.68. The summed E-state index contributed by atoms with van der Waals surface area (Å²) >= 11 is 0. The molecule has 0 aromatic heterocycles. The maximum Gasteiger partial charge on any atom is 0.344 e. The molecule has 1 aliphatic heterocycles. The minimum absolute atomic E-state index is 0.427. The van der Waals surface area contributed by atoms with Crippen molar-refractivity contribution in [2.75, 3.05) is 0 Å². The lowest BCUT2D eigenvalue weighted by Gasteiger charge is -2.28. The fourth-order valence-corrected chi connectivity index (χ4v) is 2.68. The average molecular weight is 358 g/mol. The summed E-state index contributed by atoms with van der Waals surface area (Å²) in [5.74, 6) is -0.484. The zero-order valence-corrected chi connectivity index (χ0v) is 15.9. The van der Waals surface area contributed by atoms with Crippen LogP contribution in [-0.4, -0.2) is 28.5 Å². The third-order valence-electron chi connectivity index (χ3n) is 4.68. The van der Waals surface area contributed by atoms with E-state index >= 15 is 0 Å². The molecule has 0 spiro atoms. The summed E-state index contributed by atoms with van der Waals surface area (Å²) in [7, 11) is 0. The molecule has 1 unspecified atom stereocenters. The van der Waals surface area contributed by atoms with Crippen LogP contribution in [0.25, 0.3) is 5.57 Å². The molecule has 1 aromatic carbocycles. The Morgan fingerprint density at radius 1 is 1.35 bits per heavy atom. The van der Waals surface area contributed by atoms with E-state index in [1.54, 1.807) is 13.8 Å². The van der Waals surface area contributed by atoms with E-state index < -0.39 is 29.0 Å². The molecule has 0 saturated carbocycles. The lowest BCUT2D eigenvalue weighted by atomic mass is 9.92. The SMILES string of the molecule is C=C(C)c1cccc(C(C)(C)NC(=O)NN2C(=O)NC(C)(CC)C2=O)c1. The lowest BCUT2D eigenvalue weighted by molar-refractivity contribution is -0.132. The van der Waals surface area contributed by atoms with Gasteiger partial charge in [-0.15, -0.1) is 0 Å². The van der Waals surface area contributed by atoms with Crippen molar-refractivity contribution in [3.05, 3.63) is 42.0 Å². The number of nitrogens with one attached hydrogen (secondary N) is 3. The van der Waals surface area contributed by atoms with Gasteiger partial charge in [0.05, 0.1) is 5.54 Å². The number of allylic oxidation sites excluding steroid dienone is 1. The monoisotopic (exact) mass is 358 g/mol. The summed E-state index contributed by atoms with van der Waals surface area (Å²) in [5.41, 5.74) is 3.39. The molecule has 140 valence electrons. The number of carbonyl (C=O) groups is 3. The molecule has 1 aliphatic rings. The maximum atomic E-state index is 12.4. The first-order chi connectivity index (χ1) is 12.0. The van der Waals surface area contributed by atoms with Crippen LogP contribution >= 0.6 is 0 Å². The number of benzene rings is 1. The van der Waals surface area contributed by atoms with Crippen molar-refractivity contribution < 1.29 is 14.4 Å². The first-order valence-electron chi connectivity index (χ1n) is 8.52. The van der Waals surface area contributed by atoms with E-state index in [1.807, 2.05) is 45.0 Å². The highest BCUT2D eigenvalue weighted by molar-refractivity contribution is 6.07. The van der Waals surface area contributed by atoms with Crippen molar-refractivity contribution in [2.45, 2.75) is 52.1 Å². The second-order valence-corrected chi connectivity index (χ2v) is 7.31. The minimum Gasteiger partial charge on any atom is -0.328 e. The Labute approximate surface area is 153 Å². The second kappa shape index (κ2) is 6.82. The number of nitrogens with zero attached hydrogens (tertiary/aromatic N) is 1. The molecule has 0 radical (unpaired) electrons. The zero-order valence-electron chi connectivity index (χ0n) is 15.9. The topological polar surface area (TPSA) is 90.5 Å². The molecule has 26 heavy (non-hydrogen) atoms. The summed E-state index contributed by atoms with van der Waals surface area (Å²) < 4.78 is 0. The molecular formula is C19H26N4O3. The standard InChI is InChI=1S/C19H26N4O3/c1-7-19(6)15(24)23(17(26)21-19)22-16(25)20-18(4,5)14-10-8-9-13(11-14)12(2)3/h8-11H,2,7H2,1,3-6H3,(H,21,26)(H2,20,22,25). The first-order valence-corrected chi connectivity index (χ1v) is 8.52. The summed E-state index contributed by atoms with van der Waals surface area (Å²) in [6.07, 6.45) is 0.427. The van der Waals surface area contributed by atoms with Crippen LogP contribution in [0.3, 0.4) is 0 Å². The van der Waals surface area contributed by atoms with Crippen molar-refractivity contribution in [1.29, 1.82) is 0 Å². The van der Waals surface area contributed by atoms with E-state index in [0.29, 0.717) is 6.42 Å². The number of hydrazine groups is 1. The van der Waals surface area contributed by atoms with Crippen molar-refractivity contribution in [3.63, 3.8) is 0 Å². The number of carbonyl (C=O) groups excluding carboxylic acids is 3. The second-order valence-electron chi connectivity index (χ2n) is 7.31. The van der Waals surface area contributed by atoms with Crippen LogP contribution in [-0.2, 0) is 10.3 Å². The van der Waals surface area contributed by atoms with Gasteiger partial charge >= 0.3 is 12.1 Å². The van der Waals surface area contributed by atoms with Crippen LogP contribution in [0.1, 0.15) is 52.2 Å². The van der Waals surface area contributed by atoms with E-state index in [0.717, 1.165) is 21.7 Å². The van der Waals surface area contributed by atoms with E-state index in [-0.39, 0.29) is 0 Å². The van der Waals surface area contributed by atoms with E-state index in [4.69, 9.17) is 0 Å². The summed E-state index contributed by atoms with van der Waals surface area (Å²) in [6, 6.07) is 6.40. The Kier molecular flexibility index (Phi) is 5.11. The van der Waals surface area contributed by atoms with Gasteiger partial charge in [0.25, 0.3) is 5.91 Å². The van der Waals surface area contributed by atoms with Crippen molar-refractivity contribution in [3.8, 4) is 0 Å². The summed E-state index contributed by atoms with van der Waals surface area (Å²) in [4.78, 5) is 36.7. The van der Waals surface area contributed by atoms with Gasteiger partial charge in [0, 0.05) is 0 Å². The normalized spacial score (nSPS) is 20.0. The van der Waals surface area contributed by atoms with Crippen LogP contribution in [0, 0.1) is 0 Å². The molecular weight excluding hydrogens is 332 g/mol. The van der Waals surface area contributed by atoms with Gasteiger partial charge in [-0.2, -0.15) is 5.01 Å². The molecule has 1 saturated heterocycles. The van der Waals surface area contributed by atoms with Crippen LogP contribution in [0.2, 0.25) is 0 Å². The quantitative estimate of drug-likeness (QED) is 0.707. The maximum absolute atomic E-state index is 12.4. The smallest absolute Gasteiger partial charge is 0.328 e. The van der Waals surface area contributed by atoms with Gasteiger partial charge in [-0.25, -0.2) is 15.0 Å². The Hall–Kier alpha value is -2.83. The molecule has 7 heteroatoms. The number of imide groups is 1. The molecule has 5 amide bonds. The zero-order chi connectivity index (χ0) is 19.7. The van der Waals surface area contributed by atoms with Gasteiger partial charge in [-0.3, -0.25) is 4.79 Å². The number of hydrogen-bond donors (Lipinski definition) is 3. The Morgan fingerprint density at radius 2 is 2.00 bits per heavy atom. The number of amides is 5. The number of urea groups is 2. The highest BCUT2D eigenvalue weighted by atomic mass is 16.2. The highest BCUT2D eigenvalue weighted by Crippen LogP contribution is 2.24. The Bertz CT molecular complexity index is 772. The molecule has 0 aliphatic carbocycles. The van der Waals surface area contributed by atoms with Gasteiger partial charge in [-0.1, -0.05) is 37.3 Å². The highest BCUT2D eigenvalue weighted by Gasteiger charge is 2.47. The Morgan fingerprint density at radius 3 is 2.54 bits per heavy atom. The van der Waals surface area contributed by atoms with Gasteiger partial charge in [0.2, 0.25) is 0 Å². The molecule has 1 aromatic rings. The molecule has 2 rings (SSSR count). The molecule has 7 nitrogen and oxygen atoms in total. The average Bonchev–Trinajstić information content (AvgIpc) is 2.78. The van der Waals surface area contributed by atoms with Gasteiger partial charge in [0.1, 0.15) is 5.54 Å². The predicted octanol–water partition coefficient (Wildman–Crippen LogP) is 2.89. The lowest BCUT2D eigenvalue weighted by Crippen LogP contribution is -2.55. The largest absolute Gasteiger partial charge is 0.344 e. The molecule has 3 N–H and O–H groups in total. The van der Waals surface area contributed by atoms with E-state index in [1.165, 1.54) is 0 Å². The molecule has 1 heterocycles. The molecule has 1 atom stereocenters. The first kappa shape index (κ1) is 19.5. The molecule has 0 bridgehead atoms. The van der Waals surface area contributed by atoms with Crippen molar-refractivity contribution >= 4 is 23.5 Å². The summed E-state index contributed by atoms with van der Waals surface area (Å²) in [6.45, 7) is 12.9. The van der Waals surface area contributed by atoms with Gasteiger partial charge in [0.15, 0.2) is 0 Å². The number of hydrogen-bond acceptors (Lipinski definition) is 3. The van der Waals surface area contributed by atoms with Crippen LogP contribution in [0.15, 0.2) is 30.8 Å². The summed E-state index contributed by atoms with van der Waals surface area (Å²) in [5, 5.41) is 6.10. The third kappa shape index (κ3) is 3.71. The van der Waals surface area contributed by atoms with Crippen LogP contribution < -0.4 is 16.1 Å². The number of rotatable bonds is 5. The third-order valence-corrected chi connectivity index (χ3v) is 4.68. The van der Waals surface area contributed by atoms with Crippen LogP contribution in [0.4, 0.5) is 9.59 Å². The van der Waals surface area contributed by atoms with Gasteiger partial charge < -0.3 is 10.6 Å². The van der Waals surface area contributed by atoms with E-state index in [2.05, 4.69) is 22.6 Å². The van der Waals surface area contributed by atoms with Crippen molar-refractivity contribution in [2.24, 2.45) is 0 Å². The Balaban J connectivity index is 2.12.